The number of alkyl carbamates (subject to hydrolysis) is 1. The molecule has 1 fully saturated rings. The zero-order chi connectivity index (χ0) is 19.1. The largest absolute Gasteiger partial charge is 0.443 e. The fourth-order valence-corrected chi connectivity index (χ4v) is 3.45. The van der Waals surface area contributed by atoms with Crippen molar-refractivity contribution in [1.29, 1.82) is 0 Å². The first kappa shape index (κ1) is 21.5. The van der Waals surface area contributed by atoms with Gasteiger partial charge in [0.1, 0.15) is 15.4 Å². The van der Waals surface area contributed by atoms with E-state index >= 15 is 0 Å². The second kappa shape index (κ2) is 9.26. The van der Waals surface area contributed by atoms with E-state index in [-0.39, 0.29) is 18.3 Å². The summed E-state index contributed by atoms with van der Waals surface area (Å²) in [4.78, 5) is 16.7. The fourth-order valence-electron chi connectivity index (χ4n) is 2.83. The third-order valence-corrected chi connectivity index (χ3v) is 5.26. The summed E-state index contributed by atoms with van der Waals surface area (Å²) in [6.45, 7) is 3.98. The molecule has 0 aromatic carbocycles. The number of sulfone groups is 1. The summed E-state index contributed by atoms with van der Waals surface area (Å²) >= 11 is 0. The zero-order valence-corrected chi connectivity index (χ0v) is 16.3. The number of hydrogen-bond donors (Lipinski definition) is 1. The molecule has 0 radical (unpaired) electrons. The molecule has 1 saturated carbocycles. The van der Waals surface area contributed by atoms with E-state index in [4.69, 9.17) is 10.3 Å². The number of carbonyl (C=O) groups is 1. The van der Waals surface area contributed by atoms with Crippen LogP contribution in [0.3, 0.4) is 0 Å². The third kappa shape index (κ3) is 8.94. The minimum absolute atomic E-state index is 0.0438. The summed E-state index contributed by atoms with van der Waals surface area (Å²) in [5.74, 6) is 0.161. The molecule has 1 aliphatic rings. The van der Waals surface area contributed by atoms with Gasteiger partial charge in [-0.3, -0.25) is 0 Å². The van der Waals surface area contributed by atoms with Gasteiger partial charge < -0.3 is 15.0 Å². The lowest BCUT2D eigenvalue weighted by Crippen LogP contribution is -2.45. The topological polar surface area (TPSA) is 124 Å². The van der Waals surface area contributed by atoms with Crippen LogP contribution < -0.4 is 5.32 Å². The third-order valence-electron chi connectivity index (χ3n) is 4.34. The summed E-state index contributed by atoms with van der Waals surface area (Å²) in [7, 11) is -1.01. The van der Waals surface area contributed by atoms with Gasteiger partial charge in [-0.15, -0.1) is 0 Å². The van der Waals surface area contributed by atoms with E-state index in [1.54, 1.807) is 13.8 Å². The molecule has 1 aliphatic carbocycles. The summed E-state index contributed by atoms with van der Waals surface area (Å²) in [5, 5.41) is 6.29. The lowest BCUT2D eigenvalue weighted by Gasteiger charge is -2.35. The van der Waals surface area contributed by atoms with Gasteiger partial charge in [0.05, 0.1) is 12.3 Å². The highest BCUT2D eigenvalue weighted by Crippen LogP contribution is 2.23. The minimum atomic E-state index is -2.95. The van der Waals surface area contributed by atoms with Gasteiger partial charge >= 0.3 is 6.09 Å². The summed E-state index contributed by atoms with van der Waals surface area (Å²) in [5.41, 5.74) is 7.49. The van der Waals surface area contributed by atoms with Crippen molar-refractivity contribution in [3.05, 3.63) is 10.4 Å². The maximum atomic E-state index is 12.0. The Morgan fingerprint density at radius 2 is 1.96 bits per heavy atom. The van der Waals surface area contributed by atoms with Crippen molar-refractivity contribution in [3.8, 4) is 0 Å². The van der Waals surface area contributed by atoms with Crippen LogP contribution in [0.15, 0.2) is 5.11 Å². The lowest BCUT2D eigenvalue weighted by atomic mass is 9.90. The second-order valence-electron chi connectivity index (χ2n) is 7.30. The Labute approximate surface area is 149 Å². The van der Waals surface area contributed by atoms with E-state index in [0.29, 0.717) is 12.6 Å². The van der Waals surface area contributed by atoms with E-state index in [1.165, 1.54) is 6.26 Å². The monoisotopic (exact) mass is 375 g/mol. The molecule has 1 rings (SSSR count). The Morgan fingerprint density at radius 1 is 1.36 bits per heavy atom. The van der Waals surface area contributed by atoms with Gasteiger partial charge in [0.25, 0.3) is 0 Å². The van der Waals surface area contributed by atoms with Gasteiger partial charge in [0, 0.05) is 29.8 Å². The molecular weight excluding hydrogens is 346 g/mol. The van der Waals surface area contributed by atoms with Crippen LogP contribution in [0.1, 0.15) is 39.5 Å². The molecule has 0 saturated heterocycles. The number of ether oxygens (including phenoxy) is 1. The molecule has 0 bridgehead atoms. The predicted octanol–water partition coefficient (Wildman–Crippen LogP) is 2.09. The number of amides is 1. The molecule has 0 spiro atoms. The van der Waals surface area contributed by atoms with Crippen molar-refractivity contribution in [2.75, 3.05) is 32.1 Å². The summed E-state index contributed by atoms with van der Waals surface area (Å²) < 4.78 is 27.8. The Kier molecular flexibility index (Phi) is 7.98. The summed E-state index contributed by atoms with van der Waals surface area (Å²) in [6, 6.07) is 0.375. The number of hydrogen-bond acceptors (Lipinski definition) is 6. The average molecular weight is 375 g/mol. The molecule has 0 heterocycles. The van der Waals surface area contributed by atoms with E-state index in [2.05, 4.69) is 20.2 Å². The van der Waals surface area contributed by atoms with Crippen LogP contribution in [0.2, 0.25) is 0 Å². The SMILES string of the molecule is CN(CCS(C)(=O)=O)[C@H]1CC[C@H](NC(=O)OC(C)(C)CN=[N+]=[N-])CC1. The predicted molar refractivity (Wildman–Crippen MR) is 96.1 cm³/mol. The average Bonchev–Trinajstić information content (AvgIpc) is 2.50. The first-order valence-corrected chi connectivity index (χ1v) is 10.5. The van der Waals surface area contributed by atoms with Gasteiger partial charge in [-0.25, -0.2) is 13.2 Å². The van der Waals surface area contributed by atoms with Crippen LogP contribution in [0.25, 0.3) is 10.4 Å². The smallest absolute Gasteiger partial charge is 0.407 e. The minimum Gasteiger partial charge on any atom is -0.443 e. The van der Waals surface area contributed by atoms with Crippen molar-refractivity contribution in [3.63, 3.8) is 0 Å². The molecule has 0 aliphatic heterocycles. The van der Waals surface area contributed by atoms with Gasteiger partial charge in [-0.2, -0.15) is 0 Å². The van der Waals surface area contributed by atoms with Gasteiger partial charge in [0.15, 0.2) is 0 Å². The zero-order valence-electron chi connectivity index (χ0n) is 15.4. The van der Waals surface area contributed by atoms with Crippen molar-refractivity contribution in [1.82, 2.24) is 10.2 Å². The van der Waals surface area contributed by atoms with Crippen molar-refractivity contribution < 1.29 is 17.9 Å². The van der Waals surface area contributed by atoms with Crippen molar-refractivity contribution in [2.45, 2.75) is 57.2 Å². The number of carbonyl (C=O) groups excluding carboxylic acids is 1. The summed E-state index contributed by atoms with van der Waals surface area (Å²) in [6.07, 6.45) is 4.17. The molecule has 0 aromatic heterocycles. The van der Waals surface area contributed by atoms with Crippen molar-refractivity contribution >= 4 is 15.9 Å². The highest BCUT2D eigenvalue weighted by atomic mass is 32.2. The Morgan fingerprint density at radius 3 is 2.48 bits per heavy atom. The first-order chi connectivity index (χ1) is 11.5. The van der Waals surface area contributed by atoms with E-state index < -0.39 is 21.5 Å². The van der Waals surface area contributed by atoms with Crippen LogP contribution in [-0.2, 0) is 14.6 Å². The quantitative estimate of drug-likeness (QED) is 0.395. The van der Waals surface area contributed by atoms with Crippen LogP contribution >= 0.6 is 0 Å². The molecule has 0 aromatic rings. The lowest BCUT2D eigenvalue weighted by molar-refractivity contribution is 0.0412. The van der Waals surface area contributed by atoms with Crippen LogP contribution in [0, 0.1) is 0 Å². The molecule has 0 atom stereocenters. The van der Waals surface area contributed by atoms with Gasteiger partial charge in [0.2, 0.25) is 0 Å². The van der Waals surface area contributed by atoms with Crippen LogP contribution in [0.5, 0.6) is 0 Å². The first-order valence-electron chi connectivity index (χ1n) is 8.41. The van der Waals surface area contributed by atoms with Crippen LogP contribution in [-0.4, -0.2) is 69.2 Å². The molecule has 0 unspecified atom stereocenters. The molecule has 10 heteroatoms. The van der Waals surface area contributed by atoms with Gasteiger partial charge in [-0.05, 0) is 52.1 Å². The van der Waals surface area contributed by atoms with E-state index in [9.17, 15) is 13.2 Å². The molecule has 144 valence electrons. The normalized spacial score (nSPS) is 21.5. The van der Waals surface area contributed by atoms with E-state index in [0.717, 1.165) is 25.7 Å². The maximum Gasteiger partial charge on any atom is 0.407 e. The molecule has 25 heavy (non-hydrogen) atoms. The maximum absolute atomic E-state index is 12.0. The number of rotatable bonds is 8. The highest BCUT2D eigenvalue weighted by Gasteiger charge is 2.28. The van der Waals surface area contributed by atoms with E-state index in [1.807, 2.05) is 7.05 Å². The molecule has 1 amide bonds. The van der Waals surface area contributed by atoms with Crippen molar-refractivity contribution in [2.24, 2.45) is 5.11 Å². The number of nitrogens with one attached hydrogen (secondary N) is 1. The standard InChI is InChI=1S/C15H29N5O4S/c1-15(2,11-17-19-16)24-14(21)18-12-5-7-13(8-6-12)20(3)9-10-25(4,22)23/h12-13H,5-11H2,1-4H3,(H,18,21)/t12-,13-. The Hall–Kier alpha value is -1.51. The molecule has 1 N–H and O–H groups in total. The van der Waals surface area contributed by atoms with Gasteiger partial charge in [-0.1, -0.05) is 5.11 Å². The second-order valence-corrected chi connectivity index (χ2v) is 9.56. The molecule has 9 nitrogen and oxygen atoms in total. The fraction of sp³-hybridized carbons (Fsp3) is 0.933. The Balaban J connectivity index is 2.36. The highest BCUT2D eigenvalue weighted by molar-refractivity contribution is 7.90. The van der Waals surface area contributed by atoms with Crippen LogP contribution in [0.4, 0.5) is 4.79 Å². The number of azide groups is 1. The molecular formula is C15H29N5O4S. The Bertz CT molecular complexity index is 593. The number of nitrogens with zero attached hydrogens (tertiary/aromatic N) is 4.